The summed E-state index contributed by atoms with van der Waals surface area (Å²) in [6.07, 6.45) is 1.74. The first-order valence-electron chi connectivity index (χ1n) is 6.61. The predicted octanol–water partition coefficient (Wildman–Crippen LogP) is 3.09. The van der Waals surface area contributed by atoms with Gasteiger partial charge in [0.25, 0.3) is 0 Å². The van der Waals surface area contributed by atoms with E-state index in [1.54, 1.807) is 6.92 Å². The van der Waals surface area contributed by atoms with Crippen molar-refractivity contribution in [1.82, 2.24) is 0 Å². The minimum atomic E-state index is -1.70. The van der Waals surface area contributed by atoms with E-state index in [0.29, 0.717) is 13.0 Å². The maximum Gasteiger partial charge on any atom is 0.191 e. The van der Waals surface area contributed by atoms with Gasteiger partial charge in [0, 0.05) is 6.61 Å². The summed E-state index contributed by atoms with van der Waals surface area (Å²) in [7, 11) is -1.70. The first kappa shape index (κ1) is 17.8. The highest BCUT2D eigenvalue weighted by Gasteiger charge is 2.37. The molecule has 0 rings (SSSR count). The lowest BCUT2D eigenvalue weighted by Crippen LogP contribution is -2.42. The Kier molecular flexibility index (Phi) is 6.27. The summed E-state index contributed by atoms with van der Waals surface area (Å²) in [6.45, 7) is 16.8. The van der Waals surface area contributed by atoms with Crippen LogP contribution in [0, 0.1) is 0 Å². The number of rotatable bonds is 7. The zero-order chi connectivity index (χ0) is 14.6. The average Bonchev–Trinajstić information content (AvgIpc) is 2.21. The van der Waals surface area contributed by atoms with Crippen molar-refractivity contribution >= 4 is 8.32 Å². The van der Waals surface area contributed by atoms with Gasteiger partial charge in [-0.3, -0.25) is 0 Å². The van der Waals surface area contributed by atoms with Crippen LogP contribution >= 0.6 is 0 Å². The lowest BCUT2D eigenvalue weighted by molar-refractivity contribution is -0.0463. The minimum absolute atomic E-state index is 0.205. The summed E-state index contributed by atoms with van der Waals surface area (Å²) in [5.41, 5.74) is -1.11. The van der Waals surface area contributed by atoms with Gasteiger partial charge in [0.15, 0.2) is 8.32 Å². The molecule has 4 heteroatoms. The number of aliphatic hydroxyl groups is 2. The monoisotopic (exact) mass is 274 g/mol. The summed E-state index contributed by atoms with van der Waals surface area (Å²) < 4.78 is 6.02. The Morgan fingerprint density at radius 1 is 1.28 bits per heavy atom. The van der Waals surface area contributed by atoms with Crippen LogP contribution in [-0.4, -0.2) is 36.8 Å². The Balaban J connectivity index is 4.12. The fourth-order valence-electron chi connectivity index (χ4n) is 1.38. The highest BCUT2D eigenvalue weighted by atomic mass is 28.4. The quantitative estimate of drug-likeness (QED) is 0.426. The molecule has 18 heavy (non-hydrogen) atoms. The van der Waals surface area contributed by atoms with Crippen LogP contribution in [-0.2, 0) is 4.43 Å². The third kappa shape index (κ3) is 5.22. The van der Waals surface area contributed by atoms with E-state index in [0.717, 1.165) is 6.42 Å². The normalized spacial score (nSPS) is 18.2. The second-order valence-corrected chi connectivity index (χ2v) is 11.6. The molecular weight excluding hydrogens is 244 g/mol. The van der Waals surface area contributed by atoms with Crippen LogP contribution in [0.25, 0.3) is 0 Å². The van der Waals surface area contributed by atoms with E-state index in [2.05, 4.69) is 40.4 Å². The molecule has 3 nitrogen and oxygen atoms in total. The summed E-state index contributed by atoms with van der Waals surface area (Å²) in [4.78, 5) is 0. The molecule has 0 aromatic carbocycles. The van der Waals surface area contributed by atoms with Crippen molar-refractivity contribution < 1.29 is 14.6 Å². The van der Waals surface area contributed by atoms with Crippen molar-refractivity contribution in [2.75, 3.05) is 6.61 Å². The van der Waals surface area contributed by atoms with Gasteiger partial charge in [0.05, 0.1) is 5.60 Å². The molecule has 0 aliphatic heterocycles. The third-order valence-corrected chi connectivity index (χ3v) is 8.49. The number of aliphatic hydroxyl groups excluding tert-OH is 1. The first-order valence-corrected chi connectivity index (χ1v) is 9.52. The summed E-state index contributed by atoms with van der Waals surface area (Å²) >= 11 is 0. The van der Waals surface area contributed by atoms with Crippen LogP contribution in [0.15, 0.2) is 12.7 Å². The van der Waals surface area contributed by atoms with Crippen molar-refractivity contribution in [2.24, 2.45) is 0 Å². The Morgan fingerprint density at radius 2 is 1.78 bits per heavy atom. The Hall–Kier alpha value is -0.163. The predicted molar refractivity (Wildman–Crippen MR) is 79.2 cm³/mol. The van der Waals surface area contributed by atoms with Crippen molar-refractivity contribution in [3.8, 4) is 0 Å². The highest BCUT2D eigenvalue weighted by molar-refractivity contribution is 6.74. The van der Waals surface area contributed by atoms with Gasteiger partial charge in [-0.1, -0.05) is 26.8 Å². The highest BCUT2D eigenvalue weighted by Crippen LogP contribution is 2.36. The molecule has 0 aliphatic rings. The fourth-order valence-corrected chi connectivity index (χ4v) is 2.46. The van der Waals surface area contributed by atoms with Gasteiger partial charge in [-0.25, -0.2) is 0 Å². The van der Waals surface area contributed by atoms with E-state index < -0.39 is 20.0 Å². The molecule has 0 spiro atoms. The minimum Gasteiger partial charge on any atom is -0.417 e. The molecule has 0 aliphatic carbocycles. The van der Waals surface area contributed by atoms with Gasteiger partial charge in [0.2, 0.25) is 0 Å². The molecule has 0 unspecified atom stereocenters. The number of hydrogen-bond acceptors (Lipinski definition) is 3. The maximum absolute atomic E-state index is 10.0. The molecule has 108 valence electrons. The summed E-state index contributed by atoms with van der Waals surface area (Å²) in [5, 5.41) is 19.8. The SMILES string of the molecule is C=C[C@H](O)[C@@](C)(O)CCCO[Si](C)(C)C(C)(C)C. The van der Waals surface area contributed by atoms with E-state index in [-0.39, 0.29) is 5.04 Å². The van der Waals surface area contributed by atoms with Gasteiger partial charge < -0.3 is 14.6 Å². The Labute approximate surface area is 113 Å². The Morgan fingerprint density at radius 3 is 2.17 bits per heavy atom. The van der Waals surface area contributed by atoms with Gasteiger partial charge in [-0.05, 0) is 37.9 Å². The third-order valence-electron chi connectivity index (χ3n) is 3.96. The molecule has 0 saturated heterocycles. The van der Waals surface area contributed by atoms with Gasteiger partial charge in [-0.2, -0.15) is 0 Å². The van der Waals surface area contributed by atoms with Crippen LogP contribution < -0.4 is 0 Å². The van der Waals surface area contributed by atoms with E-state index >= 15 is 0 Å². The smallest absolute Gasteiger partial charge is 0.191 e. The van der Waals surface area contributed by atoms with Gasteiger partial charge >= 0.3 is 0 Å². The molecule has 2 N–H and O–H groups in total. The van der Waals surface area contributed by atoms with Crippen LogP contribution in [0.1, 0.15) is 40.5 Å². The van der Waals surface area contributed by atoms with Crippen LogP contribution in [0.4, 0.5) is 0 Å². The van der Waals surface area contributed by atoms with Gasteiger partial charge in [0.1, 0.15) is 6.10 Å². The van der Waals surface area contributed by atoms with E-state index in [4.69, 9.17) is 4.43 Å². The summed E-state index contributed by atoms with van der Waals surface area (Å²) in [6, 6.07) is 0. The average molecular weight is 274 g/mol. The maximum atomic E-state index is 10.0. The molecule has 0 bridgehead atoms. The lowest BCUT2D eigenvalue weighted by atomic mass is 9.94. The van der Waals surface area contributed by atoms with Crippen LogP contribution in [0.5, 0.6) is 0 Å². The first-order chi connectivity index (χ1) is 7.94. The molecule has 0 radical (unpaired) electrons. The van der Waals surface area contributed by atoms with Crippen molar-refractivity contribution in [3.63, 3.8) is 0 Å². The van der Waals surface area contributed by atoms with E-state index in [9.17, 15) is 10.2 Å². The number of hydrogen-bond donors (Lipinski definition) is 2. The second kappa shape index (κ2) is 6.33. The molecule has 0 saturated carbocycles. The zero-order valence-corrected chi connectivity index (χ0v) is 13.8. The second-order valence-electron chi connectivity index (χ2n) is 6.75. The fraction of sp³-hybridized carbons (Fsp3) is 0.857. The van der Waals surface area contributed by atoms with E-state index in [1.165, 1.54) is 6.08 Å². The molecule has 0 heterocycles. The van der Waals surface area contributed by atoms with Gasteiger partial charge in [-0.15, -0.1) is 6.58 Å². The lowest BCUT2D eigenvalue weighted by Gasteiger charge is -2.36. The summed E-state index contributed by atoms with van der Waals surface area (Å²) in [5.74, 6) is 0. The van der Waals surface area contributed by atoms with Crippen molar-refractivity contribution in [2.45, 2.75) is 70.4 Å². The largest absolute Gasteiger partial charge is 0.417 e. The molecule has 0 amide bonds. The molecule has 0 fully saturated rings. The molecule has 2 atom stereocenters. The van der Waals surface area contributed by atoms with Crippen LogP contribution in [0.3, 0.4) is 0 Å². The molecule has 0 aromatic heterocycles. The zero-order valence-electron chi connectivity index (χ0n) is 12.8. The standard InChI is InChI=1S/C14H30O3Si/c1-8-12(15)14(5,16)10-9-11-17-18(6,7)13(2,3)4/h8,12,15-16H,1,9-11H2,2-7H3/t12-,14-/m0/s1. The van der Waals surface area contributed by atoms with E-state index in [1.807, 2.05) is 0 Å². The molecule has 0 aromatic rings. The topological polar surface area (TPSA) is 49.7 Å². The van der Waals surface area contributed by atoms with Crippen LogP contribution in [0.2, 0.25) is 18.1 Å². The Bertz CT molecular complexity index is 267. The van der Waals surface area contributed by atoms with Crippen molar-refractivity contribution in [3.05, 3.63) is 12.7 Å². The van der Waals surface area contributed by atoms with Crippen molar-refractivity contribution in [1.29, 1.82) is 0 Å². The molecular formula is C14H30O3Si.